The van der Waals surface area contributed by atoms with E-state index in [9.17, 15) is 0 Å². The molecular weight excluding hydrogens is 773 g/mol. The molecule has 8 aromatic carbocycles. The summed E-state index contributed by atoms with van der Waals surface area (Å²) in [6.07, 6.45) is 15.0. The largest absolute Gasteiger partial charge is 0.311 e. The summed E-state index contributed by atoms with van der Waals surface area (Å²) < 4.78 is 0. The minimum absolute atomic E-state index is 0.0419. The van der Waals surface area contributed by atoms with Crippen LogP contribution in [0.4, 0.5) is 28.4 Å². The zero-order valence-corrected chi connectivity index (χ0v) is 37.5. The van der Waals surface area contributed by atoms with Crippen molar-refractivity contribution in [3.8, 4) is 33.4 Å². The Labute approximate surface area is 380 Å². The lowest BCUT2D eigenvalue weighted by Gasteiger charge is -2.34. The van der Waals surface area contributed by atoms with E-state index in [1.165, 1.54) is 73.1 Å². The number of allylic oxidation sites excluding steroid dienone is 7. The molecule has 0 fully saturated rings. The maximum absolute atomic E-state index is 2.43. The molecule has 0 radical (unpaired) electrons. The third-order valence-corrected chi connectivity index (χ3v) is 12.8. The van der Waals surface area contributed by atoms with Gasteiger partial charge in [-0.05, 0) is 126 Å². The molecule has 314 valence electrons. The number of fused-ring (bicyclic) bond motifs is 1. The molecular formula is C62H56N2. The van der Waals surface area contributed by atoms with E-state index >= 15 is 0 Å². The average molecular weight is 829 g/mol. The van der Waals surface area contributed by atoms with Gasteiger partial charge in [0.2, 0.25) is 0 Å². The normalized spacial score (nSPS) is 15.2. The molecule has 2 nitrogen and oxygen atoms in total. The first kappa shape index (κ1) is 41.9. The second-order valence-corrected chi connectivity index (χ2v) is 17.3. The smallest absolute Gasteiger partial charge is 0.0539 e. The monoisotopic (exact) mass is 828 g/mol. The minimum Gasteiger partial charge on any atom is -0.311 e. The van der Waals surface area contributed by atoms with Crippen molar-refractivity contribution < 1.29 is 0 Å². The highest BCUT2D eigenvalue weighted by molar-refractivity contribution is 5.97. The van der Waals surface area contributed by atoms with Gasteiger partial charge in [0.25, 0.3) is 0 Å². The first-order chi connectivity index (χ1) is 31.4. The van der Waals surface area contributed by atoms with Crippen LogP contribution in [-0.4, -0.2) is 0 Å². The molecule has 1 aliphatic rings. The van der Waals surface area contributed by atoms with Gasteiger partial charge >= 0.3 is 0 Å². The Bertz CT molecular complexity index is 2870. The minimum atomic E-state index is -0.0419. The Morgan fingerprint density at radius 3 is 1.39 bits per heavy atom. The molecule has 0 heterocycles. The summed E-state index contributed by atoms with van der Waals surface area (Å²) in [5, 5.41) is 2.46. The van der Waals surface area contributed by atoms with Crippen molar-refractivity contribution in [3.63, 3.8) is 0 Å². The quantitative estimate of drug-likeness (QED) is 0.107. The molecule has 0 N–H and O–H groups in total. The molecule has 0 aromatic heterocycles. The Balaban J connectivity index is 1.02. The summed E-state index contributed by atoms with van der Waals surface area (Å²) in [6, 6.07) is 72.3. The van der Waals surface area contributed by atoms with Gasteiger partial charge in [-0.2, -0.15) is 0 Å². The molecule has 0 saturated carbocycles. The third-order valence-electron chi connectivity index (χ3n) is 12.8. The Kier molecular flexibility index (Phi) is 12.4. The second-order valence-electron chi connectivity index (χ2n) is 17.3. The van der Waals surface area contributed by atoms with E-state index < -0.39 is 0 Å². The van der Waals surface area contributed by atoms with Crippen molar-refractivity contribution in [2.24, 2.45) is 5.41 Å². The van der Waals surface area contributed by atoms with Gasteiger partial charge in [0.05, 0.1) is 5.69 Å². The van der Waals surface area contributed by atoms with Crippen LogP contribution in [0.5, 0.6) is 0 Å². The van der Waals surface area contributed by atoms with Crippen molar-refractivity contribution >= 4 is 39.2 Å². The van der Waals surface area contributed by atoms with Gasteiger partial charge in [0.1, 0.15) is 0 Å². The Hall–Kier alpha value is -7.42. The van der Waals surface area contributed by atoms with Crippen LogP contribution in [0.2, 0.25) is 0 Å². The SMILES string of the molecule is CCC/C(C)=C\C=C(/C)C1(C)C=CC(N(c2ccc(-c3ccc(N(c4ccc(-c5ccccc5)cc4)c4ccc(-c5ccccc5)cc4)cc3)cc2)c2cccc3ccccc23)=CC1. The van der Waals surface area contributed by atoms with E-state index in [4.69, 9.17) is 0 Å². The molecule has 0 saturated heterocycles. The van der Waals surface area contributed by atoms with Crippen LogP contribution in [0.15, 0.2) is 247 Å². The van der Waals surface area contributed by atoms with Crippen LogP contribution in [0.25, 0.3) is 44.2 Å². The van der Waals surface area contributed by atoms with Gasteiger partial charge in [0.15, 0.2) is 0 Å². The number of benzene rings is 8. The summed E-state index contributed by atoms with van der Waals surface area (Å²) >= 11 is 0. The van der Waals surface area contributed by atoms with Crippen LogP contribution < -0.4 is 9.80 Å². The predicted molar refractivity (Wildman–Crippen MR) is 276 cm³/mol. The van der Waals surface area contributed by atoms with E-state index in [1.54, 1.807) is 0 Å². The molecule has 8 aromatic rings. The zero-order chi connectivity index (χ0) is 43.9. The molecule has 64 heavy (non-hydrogen) atoms. The van der Waals surface area contributed by atoms with Crippen molar-refractivity contribution in [1.29, 1.82) is 0 Å². The lowest BCUT2D eigenvalue weighted by atomic mass is 9.76. The first-order valence-corrected chi connectivity index (χ1v) is 22.7. The first-order valence-electron chi connectivity index (χ1n) is 22.7. The summed E-state index contributed by atoms with van der Waals surface area (Å²) in [7, 11) is 0. The third kappa shape index (κ3) is 9.05. The average Bonchev–Trinajstić information content (AvgIpc) is 3.35. The fraction of sp³-hybridized carbons (Fsp3) is 0.129. The topological polar surface area (TPSA) is 6.48 Å². The Morgan fingerprint density at radius 1 is 0.484 bits per heavy atom. The molecule has 0 aliphatic heterocycles. The summed E-state index contributed by atoms with van der Waals surface area (Å²) in [4.78, 5) is 4.77. The van der Waals surface area contributed by atoms with E-state index in [-0.39, 0.29) is 5.41 Å². The number of anilines is 5. The number of hydrogen-bond donors (Lipinski definition) is 0. The van der Waals surface area contributed by atoms with E-state index in [2.05, 4.69) is 268 Å². The molecule has 2 heteroatoms. The number of hydrogen-bond acceptors (Lipinski definition) is 2. The van der Waals surface area contributed by atoms with Gasteiger partial charge in [-0.3, -0.25) is 0 Å². The van der Waals surface area contributed by atoms with E-state index in [0.717, 1.165) is 35.6 Å². The molecule has 1 atom stereocenters. The maximum Gasteiger partial charge on any atom is 0.0539 e. The molecule has 0 amide bonds. The highest BCUT2D eigenvalue weighted by Crippen LogP contribution is 2.43. The summed E-state index contributed by atoms with van der Waals surface area (Å²) in [6.45, 7) is 9.11. The van der Waals surface area contributed by atoms with Gasteiger partial charge in [-0.1, -0.05) is 201 Å². The maximum atomic E-state index is 2.43. The highest BCUT2D eigenvalue weighted by Gasteiger charge is 2.27. The van der Waals surface area contributed by atoms with Crippen LogP contribution in [0.1, 0.15) is 47.0 Å². The van der Waals surface area contributed by atoms with E-state index in [1.807, 2.05) is 0 Å². The van der Waals surface area contributed by atoms with Crippen LogP contribution in [0.3, 0.4) is 0 Å². The molecule has 1 aliphatic carbocycles. The molecule has 9 rings (SSSR count). The van der Waals surface area contributed by atoms with Crippen molar-refractivity contribution in [3.05, 3.63) is 247 Å². The number of rotatable bonds is 13. The fourth-order valence-electron chi connectivity index (χ4n) is 8.87. The second kappa shape index (κ2) is 18.9. The van der Waals surface area contributed by atoms with Gasteiger partial charge in [-0.15, -0.1) is 0 Å². The fourth-order valence-corrected chi connectivity index (χ4v) is 8.87. The van der Waals surface area contributed by atoms with Crippen LogP contribution in [-0.2, 0) is 0 Å². The molecule has 0 bridgehead atoms. The standard InChI is InChI=1S/C62H56N2/c1-5-15-46(2)24-25-47(3)62(4)44-42-59(43-45-62)64(61-23-14-21-54-20-12-13-22-60(54)61)58-40-32-53(33-41-58)52-30-38-57(39-31-52)63(55-34-26-50(27-35-55)48-16-8-6-9-17-48)56-36-28-51(29-37-56)49-18-10-7-11-19-49/h6-14,16-44H,5,15,45H2,1-4H3/b46-24-,47-25+. The van der Waals surface area contributed by atoms with Crippen molar-refractivity contribution in [1.82, 2.24) is 0 Å². The zero-order valence-electron chi connectivity index (χ0n) is 37.5. The van der Waals surface area contributed by atoms with Gasteiger partial charge in [0, 0.05) is 39.2 Å². The van der Waals surface area contributed by atoms with E-state index in [0.29, 0.717) is 0 Å². The summed E-state index contributed by atoms with van der Waals surface area (Å²) in [5.74, 6) is 0. The van der Waals surface area contributed by atoms with Crippen molar-refractivity contribution in [2.75, 3.05) is 9.80 Å². The van der Waals surface area contributed by atoms with Gasteiger partial charge in [-0.25, -0.2) is 0 Å². The van der Waals surface area contributed by atoms with Gasteiger partial charge < -0.3 is 9.80 Å². The number of nitrogens with zero attached hydrogens (tertiary/aromatic N) is 2. The lowest BCUT2D eigenvalue weighted by molar-refractivity contribution is 0.514. The molecule has 1 unspecified atom stereocenters. The van der Waals surface area contributed by atoms with Crippen molar-refractivity contribution in [2.45, 2.75) is 47.0 Å². The predicted octanol–water partition coefficient (Wildman–Crippen LogP) is 18.0. The molecule has 0 spiro atoms. The highest BCUT2D eigenvalue weighted by atomic mass is 15.2. The summed E-state index contributed by atoms with van der Waals surface area (Å²) in [5.41, 5.74) is 16.7. The lowest BCUT2D eigenvalue weighted by Crippen LogP contribution is -2.22. The Morgan fingerprint density at radius 2 is 0.922 bits per heavy atom. The van der Waals surface area contributed by atoms with Crippen LogP contribution in [0, 0.1) is 5.41 Å². The van der Waals surface area contributed by atoms with Crippen LogP contribution >= 0.6 is 0 Å².